The molecule has 9 nitrogen and oxygen atoms in total. The van der Waals surface area contributed by atoms with Crippen LogP contribution in [0.15, 0.2) is 40.8 Å². The Labute approximate surface area is 130 Å². The first-order chi connectivity index (χ1) is 10.9. The van der Waals surface area contributed by atoms with Gasteiger partial charge in [0.05, 0.1) is 12.1 Å². The summed E-state index contributed by atoms with van der Waals surface area (Å²) in [6, 6.07) is 8.01. The van der Waals surface area contributed by atoms with Gasteiger partial charge in [-0.3, -0.25) is 14.9 Å². The highest BCUT2D eigenvalue weighted by Gasteiger charge is 2.19. The van der Waals surface area contributed by atoms with Gasteiger partial charge in [0, 0.05) is 5.69 Å². The molecule has 2 rings (SSSR count). The minimum absolute atomic E-state index is 0.143. The number of nitrogens with two attached hydrogens (primary N) is 1. The van der Waals surface area contributed by atoms with Gasteiger partial charge in [0.1, 0.15) is 4.92 Å². The molecule has 0 bridgehead atoms. The molecule has 1 heterocycles. The van der Waals surface area contributed by atoms with Crippen LogP contribution in [0.25, 0.3) is 0 Å². The average Bonchev–Trinajstić information content (AvgIpc) is 2.97. The Hall–Kier alpha value is -3.36. The first kappa shape index (κ1) is 16.0. The molecule has 0 spiro atoms. The molecule has 0 fully saturated rings. The van der Waals surface area contributed by atoms with Crippen molar-refractivity contribution in [1.82, 2.24) is 5.32 Å². The van der Waals surface area contributed by atoms with E-state index in [2.05, 4.69) is 10.6 Å². The number of amides is 3. The number of nitrogens with zero attached hydrogens (tertiary/aromatic N) is 1. The highest BCUT2D eigenvalue weighted by Crippen LogP contribution is 2.19. The average molecular weight is 318 g/mol. The van der Waals surface area contributed by atoms with Crippen molar-refractivity contribution < 1.29 is 18.9 Å². The Balaban J connectivity index is 2.02. The molecule has 9 heteroatoms. The molecule has 3 amide bonds. The number of carbonyl (C=O) groups excluding carboxylic acids is 2. The molecule has 4 N–H and O–H groups in total. The summed E-state index contributed by atoms with van der Waals surface area (Å²) in [5, 5.41) is 15.6. The van der Waals surface area contributed by atoms with Gasteiger partial charge in [0.25, 0.3) is 5.91 Å². The zero-order chi connectivity index (χ0) is 17.0. The lowest BCUT2D eigenvalue weighted by Crippen LogP contribution is -2.26. The third kappa shape index (κ3) is 4.06. The van der Waals surface area contributed by atoms with Crippen molar-refractivity contribution in [1.29, 1.82) is 0 Å². The Morgan fingerprint density at radius 3 is 2.39 bits per heavy atom. The Morgan fingerprint density at radius 2 is 1.87 bits per heavy atom. The standard InChI is InChI=1S/C14H14N4O5/c1-8(9-2-4-10(5-3-9)17-14(15)20)16-13(19)11-6-7-12(23-11)18(21)22/h2-8H,1H3,(H,16,19)(H3,15,17,20). The molecule has 120 valence electrons. The molecule has 0 aliphatic heterocycles. The molecule has 1 aromatic carbocycles. The summed E-state index contributed by atoms with van der Waals surface area (Å²) in [5.41, 5.74) is 6.31. The fraction of sp³-hybridized carbons (Fsp3) is 0.143. The van der Waals surface area contributed by atoms with Crippen molar-refractivity contribution in [2.24, 2.45) is 5.73 Å². The van der Waals surface area contributed by atoms with Crippen LogP contribution < -0.4 is 16.4 Å². The number of hydrogen-bond donors (Lipinski definition) is 3. The largest absolute Gasteiger partial charge is 0.433 e. The highest BCUT2D eigenvalue weighted by molar-refractivity contribution is 5.92. The van der Waals surface area contributed by atoms with E-state index in [-0.39, 0.29) is 11.8 Å². The monoisotopic (exact) mass is 318 g/mol. The fourth-order valence-electron chi connectivity index (χ4n) is 1.90. The Bertz CT molecular complexity index is 738. The van der Waals surface area contributed by atoms with Crippen LogP contribution in [-0.4, -0.2) is 16.9 Å². The molecule has 0 radical (unpaired) electrons. The van der Waals surface area contributed by atoms with Crippen molar-refractivity contribution in [3.63, 3.8) is 0 Å². The summed E-state index contributed by atoms with van der Waals surface area (Å²) in [6.07, 6.45) is 0. The molecule has 0 saturated heterocycles. The minimum Gasteiger partial charge on any atom is -0.395 e. The van der Waals surface area contributed by atoms with Crippen LogP contribution >= 0.6 is 0 Å². The number of benzene rings is 1. The van der Waals surface area contributed by atoms with Gasteiger partial charge in [-0.05, 0) is 30.7 Å². The van der Waals surface area contributed by atoms with Crippen LogP contribution in [0.1, 0.15) is 29.1 Å². The van der Waals surface area contributed by atoms with Crippen LogP contribution in [-0.2, 0) is 0 Å². The van der Waals surface area contributed by atoms with E-state index in [0.29, 0.717) is 5.69 Å². The number of urea groups is 1. The van der Waals surface area contributed by atoms with Gasteiger partial charge in [-0.15, -0.1) is 0 Å². The van der Waals surface area contributed by atoms with Gasteiger partial charge >= 0.3 is 11.9 Å². The van der Waals surface area contributed by atoms with Crippen molar-refractivity contribution in [3.8, 4) is 0 Å². The number of rotatable bonds is 5. The predicted molar refractivity (Wildman–Crippen MR) is 80.9 cm³/mol. The van der Waals surface area contributed by atoms with Gasteiger partial charge < -0.3 is 20.8 Å². The fourth-order valence-corrected chi connectivity index (χ4v) is 1.90. The van der Waals surface area contributed by atoms with E-state index in [0.717, 1.165) is 11.6 Å². The third-order valence-electron chi connectivity index (χ3n) is 3.02. The maximum atomic E-state index is 12.0. The lowest BCUT2D eigenvalue weighted by molar-refractivity contribution is -0.402. The van der Waals surface area contributed by atoms with Gasteiger partial charge in [-0.2, -0.15) is 0 Å². The van der Waals surface area contributed by atoms with Crippen molar-refractivity contribution in [2.45, 2.75) is 13.0 Å². The zero-order valence-corrected chi connectivity index (χ0v) is 12.1. The lowest BCUT2D eigenvalue weighted by atomic mass is 10.1. The number of primary amides is 1. The second kappa shape index (κ2) is 6.60. The van der Waals surface area contributed by atoms with E-state index in [1.165, 1.54) is 6.07 Å². The summed E-state index contributed by atoms with van der Waals surface area (Å²) in [6.45, 7) is 1.74. The van der Waals surface area contributed by atoms with Crippen molar-refractivity contribution in [2.75, 3.05) is 5.32 Å². The Kier molecular flexibility index (Phi) is 4.60. The smallest absolute Gasteiger partial charge is 0.395 e. The van der Waals surface area contributed by atoms with Crippen molar-refractivity contribution in [3.05, 3.63) is 57.8 Å². The summed E-state index contributed by atoms with van der Waals surface area (Å²) in [5.74, 6) is -1.20. The van der Waals surface area contributed by atoms with Gasteiger partial charge in [-0.25, -0.2) is 4.79 Å². The highest BCUT2D eigenvalue weighted by atomic mass is 16.6. The number of furan rings is 1. The van der Waals surface area contributed by atoms with E-state index in [4.69, 9.17) is 10.2 Å². The molecular weight excluding hydrogens is 304 g/mol. The van der Waals surface area contributed by atoms with E-state index in [1.807, 2.05) is 0 Å². The molecule has 0 saturated carbocycles. The van der Waals surface area contributed by atoms with Crippen LogP contribution in [0.3, 0.4) is 0 Å². The van der Waals surface area contributed by atoms with E-state index >= 15 is 0 Å². The summed E-state index contributed by atoms with van der Waals surface area (Å²) in [4.78, 5) is 32.5. The third-order valence-corrected chi connectivity index (χ3v) is 3.02. The molecular formula is C14H14N4O5. The van der Waals surface area contributed by atoms with Crippen molar-refractivity contribution >= 4 is 23.5 Å². The van der Waals surface area contributed by atoms with Gasteiger partial charge in [0.2, 0.25) is 0 Å². The van der Waals surface area contributed by atoms with Crippen LogP contribution in [0.5, 0.6) is 0 Å². The maximum Gasteiger partial charge on any atom is 0.433 e. The molecule has 1 atom stereocenters. The molecule has 1 aromatic heterocycles. The summed E-state index contributed by atoms with van der Waals surface area (Å²) in [7, 11) is 0. The molecule has 0 aliphatic rings. The van der Waals surface area contributed by atoms with E-state index in [1.54, 1.807) is 31.2 Å². The second-order valence-corrected chi connectivity index (χ2v) is 4.70. The minimum atomic E-state index is -0.718. The topological polar surface area (TPSA) is 140 Å². The molecule has 1 unspecified atom stereocenters. The van der Waals surface area contributed by atoms with Gasteiger partial charge in [0.15, 0.2) is 5.76 Å². The molecule has 2 aromatic rings. The lowest BCUT2D eigenvalue weighted by Gasteiger charge is -2.14. The van der Waals surface area contributed by atoms with Gasteiger partial charge in [-0.1, -0.05) is 12.1 Å². The SMILES string of the molecule is CC(NC(=O)c1ccc([N+](=O)[O-])o1)c1ccc(NC(N)=O)cc1. The second-order valence-electron chi connectivity index (χ2n) is 4.70. The number of carbonyl (C=O) groups is 2. The summed E-state index contributed by atoms with van der Waals surface area (Å²) >= 11 is 0. The predicted octanol–water partition coefficient (Wildman–Crippen LogP) is 2.17. The first-order valence-corrected chi connectivity index (χ1v) is 6.58. The number of anilines is 1. The maximum absolute atomic E-state index is 12.0. The zero-order valence-electron chi connectivity index (χ0n) is 12.1. The quantitative estimate of drug-likeness (QED) is 0.572. The number of nitrogens with one attached hydrogen (secondary N) is 2. The van der Waals surface area contributed by atoms with E-state index < -0.39 is 22.7 Å². The van der Waals surface area contributed by atoms with Crippen LogP contribution in [0, 0.1) is 10.1 Å². The number of hydrogen-bond acceptors (Lipinski definition) is 5. The molecule has 23 heavy (non-hydrogen) atoms. The summed E-state index contributed by atoms with van der Waals surface area (Å²) < 4.78 is 4.83. The molecule has 0 aliphatic carbocycles. The Morgan fingerprint density at radius 1 is 1.22 bits per heavy atom. The number of nitro groups is 1. The van der Waals surface area contributed by atoms with Crippen LogP contribution in [0.2, 0.25) is 0 Å². The first-order valence-electron chi connectivity index (χ1n) is 6.58. The normalized spacial score (nSPS) is 11.5. The van der Waals surface area contributed by atoms with E-state index in [9.17, 15) is 19.7 Å². The van der Waals surface area contributed by atoms with Crippen LogP contribution in [0.4, 0.5) is 16.4 Å².